The highest BCUT2D eigenvalue weighted by molar-refractivity contribution is 6.08. The third-order valence-corrected chi connectivity index (χ3v) is 4.55. The molecule has 25 heavy (non-hydrogen) atoms. The van der Waals surface area contributed by atoms with Crippen molar-refractivity contribution in [2.75, 3.05) is 0 Å². The van der Waals surface area contributed by atoms with Crippen LogP contribution in [0, 0.1) is 0 Å². The molecule has 0 fully saturated rings. The van der Waals surface area contributed by atoms with Gasteiger partial charge in [0, 0.05) is 21.8 Å². The number of aromatic nitrogens is 1. The SMILES string of the molecule is CCC(C(=O)Oc1ccccc1)n1c2ccccc2c2ccccc21. The summed E-state index contributed by atoms with van der Waals surface area (Å²) < 4.78 is 7.74. The number of nitrogens with zero attached hydrogens (tertiary/aromatic N) is 1. The fraction of sp³-hybridized carbons (Fsp3) is 0.136. The zero-order valence-electron chi connectivity index (χ0n) is 14.1. The Balaban J connectivity index is 1.84. The van der Waals surface area contributed by atoms with E-state index in [1.54, 1.807) is 12.1 Å². The Hall–Kier alpha value is -3.07. The second-order valence-corrected chi connectivity index (χ2v) is 6.06. The van der Waals surface area contributed by atoms with E-state index in [2.05, 4.69) is 28.8 Å². The molecule has 0 amide bonds. The van der Waals surface area contributed by atoms with Crippen molar-refractivity contribution >= 4 is 27.8 Å². The zero-order chi connectivity index (χ0) is 17.2. The van der Waals surface area contributed by atoms with E-state index in [0.717, 1.165) is 21.8 Å². The van der Waals surface area contributed by atoms with Gasteiger partial charge >= 0.3 is 5.97 Å². The van der Waals surface area contributed by atoms with Crippen molar-refractivity contribution in [3.05, 3.63) is 78.9 Å². The molecule has 0 N–H and O–H groups in total. The molecule has 4 aromatic rings. The van der Waals surface area contributed by atoms with E-state index in [9.17, 15) is 4.79 Å². The number of rotatable bonds is 4. The summed E-state index contributed by atoms with van der Waals surface area (Å²) in [5.41, 5.74) is 2.11. The van der Waals surface area contributed by atoms with Gasteiger partial charge in [-0.1, -0.05) is 61.5 Å². The minimum atomic E-state index is -0.370. The number of carbonyl (C=O) groups is 1. The number of esters is 1. The first-order valence-corrected chi connectivity index (χ1v) is 8.54. The van der Waals surface area contributed by atoms with Crippen molar-refractivity contribution < 1.29 is 9.53 Å². The maximum atomic E-state index is 12.9. The summed E-state index contributed by atoms with van der Waals surface area (Å²) in [6, 6.07) is 25.3. The van der Waals surface area contributed by atoms with Gasteiger partial charge in [0.15, 0.2) is 0 Å². The smallest absolute Gasteiger partial charge is 0.334 e. The van der Waals surface area contributed by atoms with Gasteiger partial charge in [0.2, 0.25) is 0 Å². The molecule has 3 heteroatoms. The van der Waals surface area contributed by atoms with Gasteiger partial charge in [0.05, 0.1) is 0 Å². The molecule has 0 saturated carbocycles. The molecule has 0 radical (unpaired) electrons. The highest BCUT2D eigenvalue weighted by Crippen LogP contribution is 2.33. The molecule has 124 valence electrons. The fourth-order valence-electron chi connectivity index (χ4n) is 3.42. The molecule has 1 atom stereocenters. The maximum Gasteiger partial charge on any atom is 0.334 e. The van der Waals surface area contributed by atoms with E-state index in [-0.39, 0.29) is 12.0 Å². The predicted octanol–water partition coefficient (Wildman–Crippen LogP) is 5.35. The lowest BCUT2D eigenvalue weighted by atomic mass is 10.2. The van der Waals surface area contributed by atoms with Gasteiger partial charge < -0.3 is 9.30 Å². The molecule has 0 aliphatic carbocycles. The molecular weight excluding hydrogens is 310 g/mol. The van der Waals surface area contributed by atoms with Gasteiger partial charge in [-0.05, 0) is 30.7 Å². The number of ether oxygens (including phenoxy) is 1. The number of para-hydroxylation sites is 3. The normalized spacial score (nSPS) is 12.4. The van der Waals surface area contributed by atoms with Crippen LogP contribution in [0.1, 0.15) is 19.4 Å². The summed E-state index contributed by atoms with van der Waals surface area (Å²) in [5, 5.41) is 2.31. The average Bonchev–Trinajstić information content (AvgIpc) is 2.98. The third-order valence-electron chi connectivity index (χ3n) is 4.55. The van der Waals surface area contributed by atoms with Crippen LogP contribution in [0.5, 0.6) is 5.75 Å². The van der Waals surface area contributed by atoms with Gasteiger partial charge in [-0.15, -0.1) is 0 Å². The standard InChI is InChI=1S/C22H19NO2/c1-2-19(22(24)25-16-10-4-3-5-11-16)23-20-14-8-6-12-17(20)18-13-7-9-15-21(18)23/h3-15,19H,2H2,1H3. The molecule has 1 heterocycles. The number of benzene rings is 3. The second kappa shape index (κ2) is 6.44. The molecule has 0 saturated heterocycles. The molecular formula is C22H19NO2. The predicted molar refractivity (Wildman–Crippen MR) is 101 cm³/mol. The minimum Gasteiger partial charge on any atom is -0.425 e. The van der Waals surface area contributed by atoms with Crippen LogP contribution in [0.4, 0.5) is 0 Å². The van der Waals surface area contributed by atoms with Gasteiger partial charge in [-0.2, -0.15) is 0 Å². The number of hydrogen-bond acceptors (Lipinski definition) is 2. The van der Waals surface area contributed by atoms with Crippen molar-refractivity contribution in [3.8, 4) is 5.75 Å². The van der Waals surface area contributed by atoms with Gasteiger partial charge in [-0.25, -0.2) is 4.79 Å². The number of hydrogen-bond donors (Lipinski definition) is 0. The lowest BCUT2D eigenvalue weighted by molar-refractivity contribution is -0.138. The van der Waals surface area contributed by atoms with Crippen molar-refractivity contribution in [2.24, 2.45) is 0 Å². The Bertz CT molecular complexity index is 980. The summed E-state index contributed by atoms with van der Waals surface area (Å²) in [5.74, 6) is 0.340. The van der Waals surface area contributed by atoms with Crippen LogP contribution in [0.2, 0.25) is 0 Å². The van der Waals surface area contributed by atoms with Crippen LogP contribution in [0.25, 0.3) is 21.8 Å². The topological polar surface area (TPSA) is 31.2 Å². The Morgan fingerprint density at radius 2 is 1.36 bits per heavy atom. The van der Waals surface area contributed by atoms with Gasteiger partial charge in [0.1, 0.15) is 11.8 Å². The Morgan fingerprint density at radius 3 is 1.92 bits per heavy atom. The van der Waals surface area contributed by atoms with Crippen molar-refractivity contribution in [1.29, 1.82) is 0 Å². The van der Waals surface area contributed by atoms with E-state index in [1.165, 1.54) is 0 Å². The number of carbonyl (C=O) groups excluding carboxylic acids is 1. The minimum absolute atomic E-state index is 0.236. The van der Waals surface area contributed by atoms with Crippen LogP contribution in [0.15, 0.2) is 78.9 Å². The molecule has 1 unspecified atom stereocenters. The van der Waals surface area contributed by atoms with Crippen LogP contribution in [-0.4, -0.2) is 10.5 Å². The van der Waals surface area contributed by atoms with Crippen molar-refractivity contribution in [3.63, 3.8) is 0 Å². The second-order valence-electron chi connectivity index (χ2n) is 6.06. The fourth-order valence-corrected chi connectivity index (χ4v) is 3.42. The molecule has 1 aromatic heterocycles. The largest absolute Gasteiger partial charge is 0.425 e. The molecule has 3 nitrogen and oxygen atoms in total. The summed E-state index contributed by atoms with van der Waals surface area (Å²) >= 11 is 0. The summed E-state index contributed by atoms with van der Waals surface area (Å²) in [6.45, 7) is 2.01. The van der Waals surface area contributed by atoms with Crippen LogP contribution in [-0.2, 0) is 4.79 Å². The first-order chi connectivity index (χ1) is 12.3. The molecule has 0 bridgehead atoms. The average molecular weight is 329 g/mol. The molecule has 0 spiro atoms. The van der Waals surface area contributed by atoms with E-state index in [1.807, 2.05) is 49.4 Å². The van der Waals surface area contributed by atoms with Crippen LogP contribution < -0.4 is 4.74 Å². The van der Waals surface area contributed by atoms with Crippen LogP contribution in [0.3, 0.4) is 0 Å². The Labute approximate surface area is 146 Å². The monoisotopic (exact) mass is 329 g/mol. The first kappa shape index (κ1) is 15.5. The van der Waals surface area contributed by atoms with Crippen LogP contribution >= 0.6 is 0 Å². The summed E-state index contributed by atoms with van der Waals surface area (Å²) in [6.07, 6.45) is 0.661. The molecule has 3 aromatic carbocycles. The van der Waals surface area contributed by atoms with Crippen molar-refractivity contribution in [1.82, 2.24) is 4.57 Å². The van der Waals surface area contributed by atoms with Gasteiger partial charge in [-0.3, -0.25) is 0 Å². The van der Waals surface area contributed by atoms with E-state index in [4.69, 9.17) is 4.74 Å². The Kier molecular flexibility index (Phi) is 3.98. The van der Waals surface area contributed by atoms with Gasteiger partial charge in [0.25, 0.3) is 0 Å². The highest BCUT2D eigenvalue weighted by atomic mass is 16.5. The quantitative estimate of drug-likeness (QED) is 0.373. The number of fused-ring (bicyclic) bond motifs is 3. The van der Waals surface area contributed by atoms with E-state index in [0.29, 0.717) is 12.2 Å². The molecule has 4 rings (SSSR count). The molecule has 0 aliphatic heterocycles. The zero-order valence-corrected chi connectivity index (χ0v) is 14.1. The first-order valence-electron chi connectivity index (χ1n) is 8.54. The van der Waals surface area contributed by atoms with E-state index < -0.39 is 0 Å². The highest BCUT2D eigenvalue weighted by Gasteiger charge is 2.24. The van der Waals surface area contributed by atoms with E-state index >= 15 is 0 Å². The van der Waals surface area contributed by atoms with Crippen molar-refractivity contribution in [2.45, 2.75) is 19.4 Å². The summed E-state index contributed by atoms with van der Waals surface area (Å²) in [7, 11) is 0. The third kappa shape index (κ3) is 2.68. The maximum absolute atomic E-state index is 12.9. The lowest BCUT2D eigenvalue weighted by Gasteiger charge is -2.18. The molecule has 0 aliphatic rings. The Morgan fingerprint density at radius 1 is 0.840 bits per heavy atom. The lowest BCUT2D eigenvalue weighted by Crippen LogP contribution is -2.23. The summed E-state index contributed by atoms with van der Waals surface area (Å²) in [4.78, 5) is 12.9.